The fourth-order valence-electron chi connectivity index (χ4n) is 1.82. The Labute approximate surface area is 87.7 Å². The minimum absolute atomic E-state index is 0.237. The molecule has 0 aliphatic heterocycles. The molecule has 0 amide bonds. The normalized spacial score (nSPS) is 17.5. The van der Waals surface area contributed by atoms with Gasteiger partial charge in [0.2, 0.25) is 0 Å². The highest BCUT2D eigenvalue weighted by Crippen LogP contribution is 2.48. The molecule has 1 fully saturated rings. The Bertz CT molecular complexity index is 408. The first kappa shape index (κ1) is 10.1. The van der Waals surface area contributed by atoms with Crippen LogP contribution in [-0.4, -0.2) is 11.1 Å². The van der Waals surface area contributed by atoms with Gasteiger partial charge in [-0.2, -0.15) is 0 Å². The Morgan fingerprint density at radius 3 is 2.67 bits per heavy atom. The summed E-state index contributed by atoms with van der Waals surface area (Å²) >= 11 is 0. The molecule has 1 aliphatic rings. The van der Waals surface area contributed by atoms with Crippen LogP contribution in [-0.2, 0) is 11.2 Å². The number of carboxylic acid groups (broad SMARTS) is 1. The highest BCUT2D eigenvalue weighted by atomic mass is 19.1. The molecule has 0 saturated heterocycles. The molecule has 2 rings (SSSR count). The molecule has 0 aromatic heterocycles. The van der Waals surface area contributed by atoms with Crippen LogP contribution in [0, 0.1) is 18.2 Å². The Balaban J connectivity index is 2.18. The summed E-state index contributed by atoms with van der Waals surface area (Å²) in [4.78, 5) is 11.0. The van der Waals surface area contributed by atoms with Gasteiger partial charge in [0.25, 0.3) is 0 Å². The van der Waals surface area contributed by atoms with Gasteiger partial charge in [-0.25, -0.2) is 4.39 Å². The third-order valence-corrected chi connectivity index (χ3v) is 3.07. The summed E-state index contributed by atoms with van der Waals surface area (Å²) in [5, 5.41) is 9.01. The van der Waals surface area contributed by atoms with E-state index in [1.165, 1.54) is 6.07 Å². The molecule has 15 heavy (non-hydrogen) atoms. The van der Waals surface area contributed by atoms with E-state index in [1.807, 2.05) is 0 Å². The van der Waals surface area contributed by atoms with Crippen LogP contribution in [0.5, 0.6) is 0 Å². The summed E-state index contributed by atoms with van der Waals surface area (Å²) in [7, 11) is 0. The molecule has 0 heterocycles. The zero-order chi connectivity index (χ0) is 11.1. The zero-order valence-electron chi connectivity index (χ0n) is 8.59. The van der Waals surface area contributed by atoms with Crippen molar-refractivity contribution in [3.8, 4) is 0 Å². The van der Waals surface area contributed by atoms with E-state index in [-0.39, 0.29) is 5.82 Å². The summed E-state index contributed by atoms with van der Waals surface area (Å²) in [5.74, 6) is -0.969. The molecule has 2 nitrogen and oxygen atoms in total. The summed E-state index contributed by atoms with van der Waals surface area (Å²) in [5.41, 5.74) is 0.923. The number of rotatable bonds is 3. The molecule has 1 aromatic rings. The second-order valence-electron chi connectivity index (χ2n) is 4.35. The number of benzene rings is 1. The van der Waals surface area contributed by atoms with Crippen LogP contribution in [0.4, 0.5) is 4.39 Å². The third-order valence-electron chi connectivity index (χ3n) is 3.07. The highest BCUT2D eigenvalue weighted by Gasteiger charge is 2.49. The largest absolute Gasteiger partial charge is 0.481 e. The van der Waals surface area contributed by atoms with Gasteiger partial charge in [-0.3, -0.25) is 4.79 Å². The quantitative estimate of drug-likeness (QED) is 0.828. The van der Waals surface area contributed by atoms with Gasteiger partial charge in [0, 0.05) is 0 Å². The predicted octanol–water partition coefficient (Wildman–Crippen LogP) is 2.54. The number of carbonyl (C=O) groups is 1. The molecular formula is C12H13FO2. The van der Waals surface area contributed by atoms with E-state index in [0.29, 0.717) is 12.0 Å². The van der Waals surface area contributed by atoms with Crippen molar-refractivity contribution in [1.29, 1.82) is 0 Å². The first-order chi connectivity index (χ1) is 7.03. The van der Waals surface area contributed by atoms with Gasteiger partial charge in [-0.05, 0) is 43.4 Å². The van der Waals surface area contributed by atoms with Crippen molar-refractivity contribution in [1.82, 2.24) is 0 Å². The summed E-state index contributed by atoms with van der Waals surface area (Å²) < 4.78 is 13.0. The van der Waals surface area contributed by atoms with E-state index in [1.54, 1.807) is 19.1 Å². The molecule has 0 unspecified atom stereocenters. The zero-order valence-corrected chi connectivity index (χ0v) is 8.59. The lowest BCUT2D eigenvalue weighted by Crippen LogP contribution is -2.17. The van der Waals surface area contributed by atoms with Gasteiger partial charge in [-0.15, -0.1) is 0 Å². The smallest absolute Gasteiger partial charge is 0.309 e. The molecular weight excluding hydrogens is 195 g/mol. The van der Waals surface area contributed by atoms with Crippen LogP contribution in [0.25, 0.3) is 0 Å². The Morgan fingerprint density at radius 2 is 2.20 bits per heavy atom. The summed E-state index contributed by atoms with van der Waals surface area (Å²) in [6.45, 7) is 1.69. The molecule has 80 valence electrons. The van der Waals surface area contributed by atoms with Crippen LogP contribution >= 0.6 is 0 Å². The van der Waals surface area contributed by atoms with Crippen LogP contribution in [0.2, 0.25) is 0 Å². The topological polar surface area (TPSA) is 37.3 Å². The Morgan fingerprint density at radius 1 is 1.53 bits per heavy atom. The standard InChI is InChI=1S/C12H13FO2/c1-8-6-9(2-3-10(8)13)7-12(4-5-12)11(14)15/h2-3,6H,4-5,7H2,1H3,(H,14,15). The third kappa shape index (κ3) is 1.87. The van der Waals surface area contributed by atoms with Gasteiger partial charge < -0.3 is 5.11 Å². The monoisotopic (exact) mass is 208 g/mol. The molecule has 0 bridgehead atoms. The average Bonchev–Trinajstić information content (AvgIpc) is 2.93. The van der Waals surface area contributed by atoms with Crippen LogP contribution in [0.15, 0.2) is 18.2 Å². The summed E-state index contributed by atoms with van der Waals surface area (Å²) in [6.07, 6.45) is 1.99. The first-order valence-electron chi connectivity index (χ1n) is 5.02. The van der Waals surface area contributed by atoms with Gasteiger partial charge in [0.15, 0.2) is 0 Å². The molecule has 0 radical (unpaired) electrons. The average molecular weight is 208 g/mol. The summed E-state index contributed by atoms with van der Waals surface area (Å²) in [6, 6.07) is 4.81. The van der Waals surface area contributed by atoms with Crippen molar-refractivity contribution in [3.63, 3.8) is 0 Å². The Hall–Kier alpha value is -1.38. The maximum atomic E-state index is 13.0. The molecule has 1 N–H and O–H groups in total. The maximum Gasteiger partial charge on any atom is 0.309 e. The SMILES string of the molecule is Cc1cc(CC2(C(=O)O)CC2)ccc1F. The highest BCUT2D eigenvalue weighted by molar-refractivity contribution is 5.78. The molecule has 1 aliphatic carbocycles. The predicted molar refractivity (Wildman–Crippen MR) is 54.1 cm³/mol. The number of halogens is 1. The van der Waals surface area contributed by atoms with Gasteiger partial charge >= 0.3 is 5.97 Å². The molecule has 0 spiro atoms. The van der Waals surface area contributed by atoms with E-state index in [2.05, 4.69) is 0 Å². The van der Waals surface area contributed by atoms with Crippen LogP contribution in [0.1, 0.15) is 24.0 Å². The van der Waals surface area contributed by atoms with Gasteiger partial charge in [-0.1, -0.05) is 12.1 Å². The van der Waals surface area contributed by atoms with Gasteiger partial charge in [0.05, 0.1) is 5.41 Å². The van der Waals surface area contributed by atoms with E-state index >= 15 is 0 Å². The minimum Gasteiger partial charge on any atom is -0.481 e. The number of aliphatic carboxylic acids is 1. The van der Waals surface area contributed by atoms with Crippen molar-refractivity contribution in [2.24, 2.45) is 5.41 Å². The lowest BCUT2D eigenvalue weighted by atomic mass is 9.96. The second kappa shape index (κ2) is 3.33. The molecule has 1 aromatic carbocycles. The van der Waals surface area contributed by atoms with E-state index in [4.69, 9.17) is 5.11 Å². The van der Waals surface area contributed by atoms with Gasteiger partial charge in [0.1, 0.15) is 5.82 Å². The maximum absolute atomic E-state index is 13.0. The van der Waals surface area contributed by atoms with E-state index < -0.39 is 11.4 Å². The number of hydrogen-bond acceptors (Lipinski definition) is 1. The lowest BCUT2D eigenvalue weighted by Gasteiger charge is -2.10. The number of aryl methyl sites for hydroxylation is 1. The second-order valence-corrected chi connectivity index (χ2v) is 4.35. The number of carboxylic acids is 1. The van der Waals surface area contributed by atoms with Crippen molar-refractivity contribution in [2.45, 2.75) is 26.2 Å². The number of hydrogen-bond donors (Lipinski definition) is 1. The lowest BCUT2D eigenvalue weighted by molar-refractivity contribution is -0.143. The van der Waals surface area contributed by atoms with Crippen LogP contribution < -0.4 is 0 Å². The van der Waals surface area contributed by atoms with Crippen LogP contribution in [0.3, 0.4) is 0 Å². The minimum atomic E-state index is -0.732. The van der Waals surface area contributed by atoms with E-state index in [0.717, 1.165) is 18.4 Å². The van der Waals surface area contributed by atoms with Crippen molar-refractivity contribution in [2.75, 3.05) is 0 Å². The fraction of sp³-hybridized carbons (Fsp3) is 0.417. The van der Waals surface area contributed by atoms with Crippen molar-refractivity contribution in [3.05, 3.63) is 35.1 Å². The van der Waals surface area contributed by atoms with E-state index in [9.17, 15) is 9.18 Å². The fourth-order valence-corrected chi connectivity index (χ4v) is 1.82. The van der Waals surface area contributed by atoms with Crippen molar-refractivity contribution >= 4 is 5.97 Å². The molecule has 1 saturated carbocycles. The molecule has 3 heteroatoms. The van der Waals surface area contributed by atoms with Crippen molar-refractivity contribution < 1.29 is 14.3 Å². The first-order valence-corrected chi connectivity index (χ1v) is 5.02. The molecule has 0 atom stereocenters. The Kier molecular flexibility index (Phi) is 2.25.